The molecule has 0 N–H and O–H groups in total. The van der Waals surface area contributed by atoms with Gasteiger partial charge in [-0.25, -0.2) is 0 Å². The molecule has 0 aliphatic carbocycles. The van der Waals surface area contributed by atoms with Crippen LogP contribution >= 0.6 is 10.0 Å². The van der Waals surface area contributed by atoms with Gasteiger partial charge in [0.15, 0.2) is 0 Å². The summed E-state index contributed by atoms with van der Waals surface area (Å²) in [5.74, 6) is 4.95. The van der Waals surface area contributed by atoms with Crippen molar-refractivity contribution in [3.63, 3.8) is 0 Å². The van der Waals surface area contributed by atoms with Gasteiger partial charge in [0.25, 0.3) is 0 Å². The standard InChI is InChI=1S/C15H28OS/c1-5-9-10-11-14-12-13-15(16-14)17(6-2,7-3)8-4/h12-13H,5-11H2,1-4H3. The predicted molar refractivity (Wildman–Crippen MR) is 79.4 cm³/mol. The molecule has 1 rings (SSSR count). The van der Waals surface area contributed by atoms with Gasteiger partial charge in [-0.3, -0.25) is 0 Å². The first kappa shape index (κ1) is 14.7. The second-order valence-corrected chi connectivity index (χ2v) is 8.81. The molecule has 0 aliphatic rings. The lowest BCUT2D eigenvalue weighted by atomic mass is 10.2. The zero-order valence-corrected chi connectivity index (χ0v) is 12.7. The summed E-state index contributed by atoms with van der Waals surface area (Å²) >= 11 is 0. The van der Waals surface area contributed by atoms with Crippen LogP contribution in [-0.4, -0.2) is 17.3 Å². The molecule has 100 valence electrons. The van der Waals surface area contributed by atoms with E-state index in [2.05, 4.69) is 39.8 Å². The van der Waals surface area contributed by atoms with E-state index in [1.54, 1.807) is 0 Å². The minimum atomic E-state index is -0.665. The van der Waals surface area contributed by atoms with Crippen molar-refractivity contribution in [2.45, 2.75) is 58.5 Å². The van der Waals surface area contributed by atoms with E-state index in [0.717, 1.165) is 6.42 Å². The molecule has 1 nitrogen and oxygen atoms in total. The van der Waals surface area contributed by atoms with Crippen molar-refractivity contribution in [3.05, 3.63) is 17.9 Å². The summed E-state index contributed by atoms with van der Waals surface area (Å²) in [5.41, 5.74) is 0. The van der Waals surface area contributed by atoms with Crippen molar-refractivity contribution >= 4 is 10.0 Å². The van der Waals surface area contributed by atoms with Gasteiger partial charge >= 0.3 is 0 Å². The summed E-state index contributed by atoms with van der Waals surface area (Å²) in [6.45, 7) is 9.17. The molecule has 0 aliphatic heterocycles. The number of hydrogen-bond donors (Lipinski definition) is 0. The molecular weight excluding hydrogens is 228 g/mol. The summed E-state index contributed by atoms with van der Waals surface area (Å²) in [4.78, 5) is 0. The number of rotatable bonds is 8. The van der Waals surface area contributed by atoms with Crippen LogP contribution in [-0.2, 0) is 6.42 Å². The third-order valence-corrected chi connectivity index (χ3v) is 8.14. The summed E-state index contributed by atoms with van der Waals surface area (Å²) in [5, 5.41) is 1.29. The highest BCUT2D eigenvalue weighted by Gasteiger charge is 2.23. The summed E-state index contributed by atoms with van der Waals surface area (Å²) in [7, 11) is -0.665. The van der Waals surface area contributed by atoms with E-state index in [-0.39, 0.29) is 0 Å². The molecule has 2 heteroatoms. The highest BCUT2D eigenvalue weighted by molar-refractivity contribution is 8.33. The van der Waals surface area contributed by atoms with Gasteiger partial charge < -0.3 is 4.42 Å². The van der Waals surface area contributed by atoms with Gasteiger partial charge in [0.1, 0.15) is 10.9 Å². The summed E-state index contributed by atoms with van der Waals surface area (Å²) < 4.78 is 6.11. The van der Waals surface area contributed by atoms with Gasteiger partial charge in [0.2, 0.25) is 0 Å². The van der Waals surface area contributed by atoms with Crippen LogP contribution in [0, 0.1) is 0 Å². The third kappa shape index (κ3) is 3.54. The minimum Gasteiger partial charge on any atom is -0.456 e. The van der Waals surface area contributed by atoms with E-state index >= 15 is 0 Å². The fourth-order valence-electron chi connectivity index (χ4n) is 2.31. The predicted octanol–water partition coefficient (Wildman–Crippen LogP) is 5.24. The maximum absolute atomic E-state index is 6.11. The first-order chi connectivity index (χ1) is 8.22. The molecule has 0 aromatic carbocycles. The lowest BCUT2D eigenvalue weighted by Gasteiger charge is -2.34. The molecule has 0 bridgehead atoms. The van der Waals surface area contributed by atoms with Crippen molar-refractivity contribution in [3.8, 4) is 0 Å². The Hall–Kier alpha value is -0.370. The molecule has 1 aromatic rings. The molecule has 1 aromatic heterocycles. The van der Waals surface area contributed by atoms with Crippen LogP contribution in [0.3, 0.4) is 0 Å². The highest BCUT2D eigenvalue weighted by atomic mass is 32.3. The Balaban J connectivity index is 2.71. The van der Waals surface area contributed by atoms with Crippen LogP contribution in [0.25, 0.3) is 0 Å². The third-order valence-electron chi connectivity index (χ3n) is 3.75. The Morgan fingerprint density at radius 2 is 1.59 bits per heavy atom. The van der Waals surface area contributed by atoms with Crippen molar-refractivity contribution in [2.24, 2.45) is 0 Å². The van der Waals surface area contributed by atoms with Crippen LogP contribution in [0.2, 0.25) is 0 Å². The zero-order chi connectivity index (χ0) is 12.7. The van der Waals surface area contributed by atoms with E-state index in [1.807, 2.05) is 0 Å². The van der Waals surface area contributed by atoms with Gasteiger partial charge in [0.05, 0.1) is 0 Å². The maximum atomic E-state index is 6.11. The topological polar surface area (TPSA) is 13.1 Å². The van der Waals surface area contributed by atoms with Crippen LogP contribution in [0.4, 0.5) is 0 Å². The molecule has 0 unspecified atom stereocenters. The van der Waals surface area contributed by atoms with Crippen LogP contribution in [0.1, 0.15) is 52.7 Å². The second kappa shape index (κ2) is 7.15. The van der Waals surface area contributed by atoms with Crippen LogP contribution < -0.4 is 0 Å². The smallest absolute Gasteiger partial charge is 0.143 e. The summed E-state index contributed by atoms with van der Waals surface area (Å²) in [6, 6.07) is 4.45. The van der Waals surface area contributed by atoms with Crippen molar-refractivity contribution < 1.29 is 4.42 Å². The van der Waals surface area contributed by atoms with Gasteiger partial charge in [-0.2, -0.15) is 10.0 Å². The van der Waals surface area contributed by atoms with Gasteiger partial charge in [0, 0.05) is 6.42 Å². The SMILES string of the molecule is CCCCCc1ccc(S(CC)(CC)CC)o1. The lowest BCUT2D eigenvalue weighted by molar-refractivity contribution is 0.421. The average molecular weight is 256 g/mol. The van der Waals surface area contributed by atoms with E-state index in [0.29, 0.717) is 0 Å². The lowest BCUT2D eigenvalue weighted by Crippen LogP contribution is -2.08. The van der Waals surface area contributed by atoms with Gasteiger partial charge in [-0.15, -0.1) is 0 Å². The first-order valence-corrected chi connectivity index (χ1v) is 9.21. The van der Waals surface area contributed by atoms with Crippen LogP contribution in [0.5, 0.6) is 0 Å². The number of furan rings is 1. The van der Waals surface area contributed by atoms with Crippen molar-refractivity contribution in [1.29, 1.82) is 0 Å². The molecular formula is C15H28OS. The largest absolute Gasteiger partial charge is 0.456 e. The molecule has 0 fully saturated rings. The fourth-order valence-corrected chi connectivity index (χ4v) is 5.03. The zero-order valence-electron chi connectivity index (χ0n) is 11.9. The Labute approximate surface area is 108 Å². The molecule has 0 saturated carbocycles. The normalized spacial score (nSPS) is 12.9. The molecule has 0 radical (unpaired) electrons. The second-order valence-electron chi connectivity index (χ2n) is 4.59. The molecule has 0 amide bonds. The molecule has 1 heterocycles. The van der Waals surface area contributed by atoms with E-state index in [1.165, 1.54) is 47.4 Å². The maximum Gasteiger partial charge on any atom is 0.143 e. The van der Waals surface area contributed by atoms with Crippen molar-refractivity contribution in [2.75, 3.05) is 17.3 Å². The van der Waals surface area contributed by atoms with E-state index in [9.17, 15) is 0 Å². The van der Waals surface area contributed by atoms with E-state index < -0.39 is 10.0 Å². The van der Waals surface area contributed by atoms with Crippen LogP contribution in [0.15, 0.2) is 21.6 Å². The number of hydrogen-bond acceptors (Lipinski definition) is 1. The Kier molecular flexibility index (Phi) is 6.18. The number of unbranched alkanes of at least 4 members (excludes halogenated alkanes) is 2. The summed E-state index contributed by atoms with van der Waals surface area (Å²) in [6.07, 6.45) is 4.96. The molecule has 0 spiro atoms. The highest BCUT2D eigenvalue weighted by Crippen LogP contribution is 2.55. The monoisotopic (exact) mass is 256 g/mol. The van der Waals surface area contributed by atoms with Gasteiger partial charge in [-0.1, -0.05) is 40.5 Å². The Bertz CT molecular complexity index is 304. The van der Waals surface area contributed by atoms with Crippen molar-refractivity contribution in [1.82, 2.24) is 0 Å². The minimum absolute atomic E-state index is 0.665. The quantitative estimate of drug-likeness (QED) is 0.580. The van der Waals surface area contributed by atoms with E-state index in [4.69, 9.17) is 4.42 Å². The molecule has 0 saturated heterocycles. The Morgan fingerprint density at radius 1 is 0.941 bits per heavy atom. The first-order valence-electron chi connectivity index (χ1n) is 7.07. The number of aryl methyl sites for hydroxylation is 1. The Morgan fingerprint density at radius 3 is 2.12 bits per heavy atom. The molecule has 0 atom stereocenters. The fraction of sp³-hybridized carbons (Fsp3) is 0.733. The average Bonchev–Trinajstić information content (AvgIpc) is 2.82. The molecule has 17 heavy (non-hydrogen) atoms. The van der Waals surface area contributed by atoms with Gasteiger partial charge in [-0.05, 0) is 35.8 Å².